The molecule has 5 heteroatoms. The van der Waals surface area contributed by atoms with Crippen molar-refractivity contribution in [1.82, 2.24) is 4.90 Å². The predicted octanol–water partition coefficient (Wildman–Crippen LogP) is 2.31. The third-order valence-electron chi connectivity index (χ3n) is 3.54. The number of hydrogen-bond donors (Lipinski definition) is 1. The molecule has 0 saturated carbocycles. The van der Waals surface area contributed by atoms with Crippen molar-refractivity contribution in [2.45, 2.75) is 26.2 Å². The van der Waals surface area contributed by atoms with Gasteiger partial charge in [0, 0.05) is 25.6 Å². The highest BCUT2D eigenvalue weighted by atomic mass is 16.4. The summed E-state index contributed by atoms with van der Waals surface area (Å²) in [5.41, 5.74) is 0. The number of amides is 1. The van der Waals surface area contributed by atoms with Gasteiger partial charge in [-0.2, -0.15) is 0 Å². The molecule has 0 aromatic carbocycles. The number of likely N-dealkylation sites (tertiary alicyclic amines) is 1. The van der Waals surface area contributed by atoms with Gasteiger partial charge < -0.3 is 14.4 Å². The van der Waals surface area contributed by atoms with Gasteiger partial charge in [0.25, 0.3) is 0 Å². The van der Waals surface area contributed by atoms with Crippen molar-refractivity contribution in [3.63, 3.8) is 0 Å². The molecule has 5 nitrogen and oxygen atoms in total. The van der Waals surface area contributed by atoms with Crippen LogP contribution < -0.4 is 0 Å². The third-order valence-corrected chi connectivity index (χ3v) is 3.54. The number of carbonyl (C=O) groups is 2. The van der Waals surface area contributed by atoms with Crippen LogP contribution in [0.15, 0.2) is 22.6 Å². The van der Waals surface area contributed by atoms with E-state index in [4.69, 9.17) is 9.52 Å². The summed E-state index contributed by atoms with van der Waals surface area (Å²) in [5.74, 6) is 0.854. The Morgan fingerprint density at radius 3 is 2.65 bits per heavy atom. The fourth-order valence-corrected chi connectivity index (χ4v) is 2.41. The van der Waals surface area contributed by atoms with Gasteiger partial charge in [0.1, 0.15) is 11.5 Å². The van der Waals surface area contributed by atoms with E-state index >= 15 is 0 Å². The number of hydrogen-bond acceptors (Lipinski definition) is 3. The van der Waals surface area contributed by atoms with Gasteiger partial charge in [-0.15, -0.1) is 0 Å². The van der Waals surface area contributed by atoms with Crippen LogP contribution in [-0.4, -0.2) is 35.0 Å². The molecule has 0 radical (unpaired) electrons. The number of aryl methyl sites for hydroxylation is 1. The van der Waals surface area contributed by atoms with Gasteiger partial charge in [-0.3, -0.25) is 9.59 Å². The summed E-state index contributed by atoms with van der Waals surface area (Å²) >= 11 is 0. The van der Waals surface area contributed by atoms with Crippen molar-refractivity contribution in [3.05, 3.63) is 29.7 Å². The molecule has 1 saturated heterocycles. The van der Waals surface area contributed by atoms with E-state index in [2.05, 4.69) is 0 Å². The van der Waals surface area contributed by atoms with Crippen LogP contribution in [-0.2, 0) is 9.59 Å². The first-order chi connectivity index (χ1) is 9.54. The maximum absolute atomic E-state index is 12.0. The monoisotopic (exact) mass is 277 g/mol. The van der Waals surface area contributed by atoms with Crippen LogP contribution in [0.25, 0.3) is 6.08 Å². The molecule has 1 aliphatic heterocycles. The molecule has 20 heavy (non-hydrogen) atoms. The number of rotatable bonds is 4. The number of carboxylic acids is 1. The minimum Gasteiger partial charge on any atom is -0.481 e. The summed E-state index contributed by atoms with van der Waals surface area (Å²) in [4.78, 5) is 24.4. The van der Waals surface area contributed by atoms with Crippen LogP contribution >= 0.6 is 0 Å². The minimum absolute atomic E-state index is 0.0483. The highest BCUT2D eigenvalue weighted by Gasteiger charge is 2.23. The Bertz CT molecular complexity index is 510. The molecule has 1 fully saturated rings. The standard InChI is InChI=1S/C15H19NO4/c1-11-2-3-13(20-11)4-5-14(17)16-8-6-12(7-9-16)10-15(18)19/h2-5,12H,6-10H2,1H3,(H,18,19). The summed E-state index contributed by atoms with van der Waals surface area (Å²) in [6.07, 6.45) is 4.88. The SMILES string of the molecule is Cc1ccc(C=CC(=O)N2CCC(CC(=O)O)CC2)o1. The van der Waals surface area contributed by atoms with E-state index in [-0.39, 0.29) is 18.2 Å². The van der Waals surface area contributed by atoms with Crippen molar-refractivity contribution >= 4 is 18.0 Å². The second kappa shape index (κ2) is 6.41. The summed E-state index contributed by atoms with van der Waals surface area (Å²) < 4.78 is 5.36. The molecule has 1 aromatic heterocycles. The lowest BCUT2D eigenvalue weighted by Crippen LogP contribution is -2.37. The van der Waals surface area contributed by atoms with Crippen molar-refractivity contribution in [2.24, 2.45) is 5.92 Å². The highest BCUT2D eigenvalue weighted by molar-refractivity contribution is 5.91. The lowest BCUT2D eigenvalue weighted by atomic mass is 9.93. The van der Waals surface area contributed by atoms with Crippen molar-refractivity contribution in [3.8, 4) is 0 Å². The zero-order chi connectivity index (χ0) is 14.5. The Kier molecular flexibility index (Phi) is 4.61. The van der Waals surface area contributed by atoms with Gasteiger partial charge in [-0.25, -0.2) is 0 Å². The van der Waals surface area contributed by atoms with E-state index in [1.165, 1.54) is 6.08 Å². The largest absolute Gasteiger partial charge is 0.481 e. The number of nitrogens with zero attached hydrogens (tertiary/aromatic N) is 1. The molecule has 1 N–H and O–H groups in total. The molecule has 0 aliphatic carbocycles. The molecule has 1 amide bonds. The van der Waals surface area contributed by atoms with Crippen molar-refractivity contribution in [2.75, 3.05) is 13.1 Å². The number of aliphatic carboxylic acids is 1. The van der Waals surface area contributed by atoms with Crippen LogP contribution in [0.3, 0.4) is 0 Å². The number of carbonyl (C=O) groups excluding carboxylic acids is 1. The van der Waals surface area contributed by atoms with Crippen LogP contribution in [0.2, 0.25) is 0 Å². The van der Waals surface area contributed by atoms with Crippen LogP contribution in [0.5, 0.6) is 0 Å². The van der Waals surface area contributed by atoms with E-state index in [1.54, 1.807) is 11.0 Å². The summed E-state index contributed by atoms with van der Waals surface area (Å²) in [6, 6.07) is 3.67. The molecule has 2 heterocycles. The number of piperidine rings is 1. The van der Waals surface area contributed by atoms with Crippen LogP contribution in [0.4, 0.5) is 0 Å². The van der Waals surface area contributed by atoms with E-state index in [0.717, 1.165) is 18.6 Å². The zero-order valence-corrected chi connectivity index (χ0v) is 11.5. The zero-order valence-electron chi connectivity index (χ0n) is 11.5. The van der Waals surface area contributed by atoms with Gasteiger partial charge in [0.15, 0.2) is 0 Å². The van der Waals surface area contributed by atoms with Gasteiger partial charge in [-0.1, -0.05) is 0 Å². The predicted molar refractivity (Wildman–Crippen MR) is 74.0 cm³/mol. The molecule has 2 rings (SSSR count). The fourth-order valence-electron chi connectivity index (χ4n) is 2.41. The first-order valence-electron chi connectivity index (χ1n) is 6.80. The highest BCUT2D eigenvalue weighted by Crippen LogP contribution is 2.20. The lowest BCUT2D eigenvalue weighted by Gasteiger charge is -2.30. The molecule has 0 unspecified atom stereocenters. The molecular formula is C15H19NO4. The Balaban J connectivity index is 1.82. The second-order valence-corrected chi connectivity index (χ2v) is 5.15. The van der Waals surface area contributed by atoms with Gasteiger partial charge in [0.2, 0.25) is 5.91 Å². The molecular weight excluding hydrogens is 258 g/mol. The average Bonchev–Trinajstić information content (AvgIpc) is 2.82. The Labute approximate surface area is 117 Å². The minimum atomic E-state index is -0.761. The van der Waals surface area contributed by atoms with E-state index in [9.17, 15) is 9.59 Å². The van der Waals surface area contributed by atoms with Gasteiger partial charge >= 0.3 is 5.97 Å². The van der Waals surface area contributed by atoms with Crippen molar-refractivity contribution in [1.29, 1.82) is 0 Å². The van der Waals surface area contributed by atoms with E-state index in [1.807, 2.05) is 19.1 Å². The molecule has 1 aromatic rings. The fraction of sp³-hybridized carbons (Fsp3) is 0.467. The smallest absolute Gasteiger partial charge is 0.303 e. The van der Waals surface area contributed by atoms with Gasteiger partial charge in [-0.05, 0) is 43.9 Å². The molecule has 0 spiro atoms. The van der Waals surface area contributed by atoms with Crippen LogP contribution in [0, 0.1) is 12.8 Å². The first-order valence-corrected chi connectivity index (χ1v) is 6.80. The summed E-state index contributed by atoms with van der Waals surface area (Å²) in [6.45, 7) is 3.10. The molecule has 1 aliphatic rings. The number of carboxylic acid groups (broad SMARTS) is 1. The maximum Gasteiger partial charge on any atom is 0.303 e. The Morgan fingerprint density at radius 2 is 2.10 bits per heavy atom. The van der Waals surface area contributed by atoms with E-state index in [0.29, 0.717) is 18.8 Å². The molecule has 0 bridgehead atoms. The quantitative estimate of drug-likeness (QED) is 0.857. The summed E-state index contributed by atoms with van der Waals surface area (Å²) in [7, 11) is 0. The Morgan fingerprint density at radius 1 is 1.40 bits per heavy atom. The average molecular weight is 277 g/mol. The van der Waals surface area contributed by atoms with Gasteiger partial charge in [0.05, 0.1) is 0 Å². The lowest BCUT2D eigenvalue weighted by molar-refractivity contribution is -0.138. The maximum atomic E-state index is 12.0. The first kappa shape index (κ1) is 14.4. The number of furan rings is 1. The van der Waals surface area contributed by atoms with Crippen molar-refractivity contribution < 1.29 is 19.1 Å². The Hall–Kier alpha value is -2.04. The van der Waals surface area contributed by atoms with Crippen LogP contribution in [0.1, 0.15) is 30.8 Å². The van der Waals surface area contributed by atoms with E-state index < -0.39 is 5.97 Å². The second-order valence-electron chi connectivity index (χ2n) is 5.15. The third kappa shape index (κ3) is 3.98. The molecule has 0 atom stereocenters. The normalized spacial score (nSPS) is 16.8. The summed E-state index contributed by atoms with van der Waals surface area (Å²) in [5, 5.41) is 8.75. The topological polar surface area (TPSA) is 70.8 Å². The molecule has 108 valence electrons.